The Bertz CT molecular complexity index is 930. The Morgan fingerprint density at radius 3 is 2.44 bits per heavy atom. The number of carbonyl (C=O) groups excluding carboxylic acids is 3. The summed E-state index contributed by atoms with van der Waals surface area (Å²) >= 11 is 0. The van der Waals surface area contributed by atoms with Crippen LogP contribution >= 0.6 is 0 Å². The van der Waals surface area contributed by atoms with Gasteiger partial charge in [0, 0.05) is 29.7 Å². The van der Waals surface area contributed by atoms with Gasteiger partial charge in [-0.3, -0.25) is 14.4 Å². The maximum absolute atomic E-state index is 13.3. The summed E-state index contributed by atoms with van der Waals surface area (Å²) < 4.78 is 0. The van der Waals surface area contributed by atoms with Crippen molar-refractivity contribution in [2.24, 2.45) is 11.8 Å². The summed E-state index contributed by atoms with van der Waals surface area (Å²) in [7, 11) is 0. The second-order valence-electron chi connectivity index (χ2n) is 9.16. The lowest BCUT2D eigenvalue weighted by atomic mass is 9.86. The number of Topliss-reactive ketones (excluding diaryl/α,β-unsaturated/α-hetero) is 1. The second-order valence-corrected chi connectivity index (χ2v) is 9.16. The molecule has 186 valence electrons. The molecule has 0 bridgehead atoms. The second kappa shape index (κ2) is 14.3. The van der Waals surface area contributed by atoms with Crippen molar-refractivity contribution in [1.82, 2.24) is 10.6 Å². The van der Waals surface area contributed by atoms with Gasteiger partial charge in [0.25, 0.3) is 5.91 Å². The largest absolute Gasteiger partial charge is 0.393 e. The number of nitrogens with one attached hydrogen (secondary N) is 2. The maximum atomic E-state index is 13.3. The molecule has 1 unspecified atom stereocenters. The highest BCUT2D eigenvalue weighted by atomic mass is 16.3. The number of amides is 1. The monoisotopic (exact) mass is 468 g/mol. The summed E-state index contributed by atoms with van der Waals surface area (Å²) in [4.78, 5) is 38.6. The molecular weight excluding hydrogens is 428 g/mol. The molecule has 0 heterocycles. The number of hydrogen-bond donors (Lipinski definition) is 3. The van der Waals surface area contributed by atoms with Crippen LogP contribution in [0.1, 0.15) is 60.8 Å². The van der Waals surface area contributed by atoms with Crippen LogP contribution in [0.5, 0.6) is 0 Å². The van der Waals surface area contributed by atoms with Crippen molar-refractivity contribution in [3.63, 3.8) is 0 Å². The molecule has 6 heteroatoms. The fourth-order valence-corrected chi connectivity index (χ4v) is 3.69. The van der Waals surface area contributed by atoms with E-state index in [4.69, 9.17) is 0 Å². The minimum Gasteiger partial charge on any atom is -0.393 e. The van der Waals surface area contributed by atoms with E-state index in [2.05, 4.69) is 17.2 Å². The smallest absolute Gasteiger partial charge is 0.251 e. The van der Waals surface area contributed by atoms with E-state index in [0.717, 1.165) is 5.57 Å². The van der Waals surface area contributed by atoms with Crippen LogP contribution in [0.2, 0.25) is 0 Å². The molecular formula is C28H40N2O4. The summed E-state index contributed by atoms with van der Waals surface area (Å²) in [5.74, 6) is -1.07. The lowest BCUT2D eigenvalue weighted by Gasteiger charge is -2.23. The first-order valence-corrected chi connectivity index (χ1v) is 11.8. The van der Waals surface area contributed by atoms with Gasteiger partial charge in [-0.05, 0) is 52.9 Å². The van der Waals surface area contributed by atoms with Gasteiger partial charge in [0.1, 0.15) is 0 Å². The predicted molar refractivity (Wildman–Crippen MR) is 138 cm³/mol. The molecule has 0 aliphatic heterocycles. The normalized spacial score (nSPS) is 17.3. The summed E-state index contributed by atoms with van der Waals surface area (Å²) in [5, 5.41) is 16.1. The highest BCUT2D eigenvalue weighted by molar-refractivity contribution is 6.23. The third kappa shape index (κ3) is 9.10. The van der Waals surface area contributed by atoms with Crippen molar-refractivity contribution in [3.8, 4) is 0 Å². The van der Waals surface area contributed by atoms with E-state index in [1.807, 2.05) is 40.7 Å². The minimum atomic E-state index is -0.477. The first kappa shape index (κ1) is 29.0. The van der Waals surface area contributed by atoms with E-state index in [1.54, 1.807) is 31.2 Å². The van der Waals surface area contributed by atoms with Crippen LogP contribution in [0.4, 0.5) is 0 Å². The van der Waals surface area contributed by atoms with E-state index in [1.165, 1.54) is 6.08 Å². The highest BCUT2D eigenvalue weighted by Gasteiger charge is 2.30. The van der Waals surface area contributed by atoms with Gasteiger partial charge in [0.2, 0.25) is 11.6 Å². The summed E-state index contributed by atoms with van der Waals surface area (Å²) in [6, 6.07) is 0. The Balaban J connectivity index is 3.03. The Hall–Kier alpha value is -2.99. The quantitative estimate of drug-likeness (QED) is 0.161. The molecule has 0 aromatic carbocycles. The van der Waals surface area contributed by atoms with Crippen molar-refractivity contribution in [2.75, 3.05) is 6.54 Å². The lowest BCUT2D eigenvalue weighted by molar-refractivity contribution is -0.120. The van der Waals surface area contributed by atoms with Crippen LogP contribution in [-0.4, -0.2) is 35.2 Å². The zero-order valence-electron chi connectivity index (χ0n) is 21.4. The third-order valence-corrected chi connectivity index (χ3v) is 5.62. The molecule has 0 spiro atoms. The molecule has 34 heavy (non-hydrogen) atoms. The average molecular weight is 469 g/mol. The van der Waals surface area contributed by atoms with Gasteiger partial charge < -0.3 is 15.7 Å². The van der Waals surface area contributed by atoms with Crippen LogP contribution in [0.15, 0.2) is 71.1 Å². The van der Waals surface area contributed by atoms with Crippen molar-refractivity contribution < 1.29 is 19.5 Å². The molecule has 0 radical (unpaired) electrons. The first-order chi connectivity index (χ1) is 16.0. The van der Waals surface area contributed by atoms with Gasteiger partial charge in [-0.15, -0.1) is 6.58 Å². The minimum absolute atomic E-state index is 0.0215. The standard InChI is InChI=1S/C28H40N2O4/c1-8-10-11-20(6)28(34)30-23-17-25(32)26(29-14-9-2)22(27(23)33)16-19(5)12-13-24(31)21(7)15-18(3)4/h8-11,15,17,19,21,24,29,31H,2,12-14,16H2,1,3-7H3,(H,30,34)/b10-8-,20-11+/t19?,21-,24-/m0/s1. The topological polar surface area (TPSA) is 95.5 Å². The zero-order chi connectivity index (χ0) is 25.8. The molecule has 3 atom stereocenters. The number of allylic oxidation sites excluding steroid dienone is 6. The van der Waals surface area contributed by atoms with Gasteiger partial charge in [0.15, 0.2) is 0 Å². The number of ketones is 2. The Morgan fingerprint density at radius 1 is 1.18 bits per heavy atom. The van der Waals surface area contributed by atoms with E-state index < -0.39 is 12.0 Å². The number of aliphatic hydroxyl groups excluding tert-OH is 1. The molecule has 1 amide bonds. The Kier molecular flexibility index (Phi) is 12.2. The van der Waals surface area contributed by atoms with Gasteiger partial charge in [-0.2, -0.15) is 0 Å². The molecule has 1 rings (SSSR count). The molecule has 0 fully saturated rings. The van der Waals surface area contributed by atoms with E-state index in [0.29, 0.717) is 37.0 Å². The van der Waals surface area contributed by atoms with Crippen molar-refractivity contribution in [2.45, 2.75) is 66.9 Å². The SMILES string of the molecule is C=CCNC1=C(CC(C)CC[C@H](O)[C@@H](C)C=C(C)C)C(=O)C(NC(=O)/C(C)=C/C=C\C)=CC1=O. The third-order valence-electron chi connectivity index (χ3n) is 5.62. The molecule has 1 aliphatic rings. The number of carbonyl (C=O) groups is 3. The number of rotatable bonds is 13. The molecule has 0 saturated heterocycles. The van der Waals surface area contributed by atoms with Crippen LogP contribution in [0.25, 0.3) is 0 Å². The molecule has 6 nitrogen and oxygen atoms in total. The predicted octanol–water partition coefficient (Wildman–Crippen LogP) is 4.46. The first-order valence-electron chi connectivity index (χ1n) is 11.8. The van der Waals surface area contributed by atoms with Crippen LogP contribution in [-0.2, 0) is 14.4 Å². The summed E-state index contributed by atoms with van der Waals surface area (Å²) in [5.41, 5.74) is 2.15. The fraction of sp³-hybridized carbons (Fsp3) is 0.464. The van der Waals surface area contributed by atoms with Crippen LogP contribution in [0, 0.1) is 11.8 Å². The van der Waals surface area contributed by atoms with Crippen LogP contribution < -0.4 is 10.6 Å². The lowest BCUT2D eigenvalue weighted by Crippen LogP contribution is -2.36. The van der Waals surface area contributed by atoms with E-state index >= 15 is 0 Å². The van der Waals surface area contributed by atoms with Gasteiger partial charge in [-0.1, -0.05) is 49.8 Å². The highest BCUT2D eigenvalue weighted by Crippen LogP contribution is 2.26. The van der Waals surface area contributed by atoms with E-state index in [-0.39, 0.29) is 34.8 Å². The Labute approximate surface area is 204 Å². The number of aliphatic hydroxyl groups is 1. The Morgan fingerprint density at radius 2 is 1.85 bits per heavy atom. The van der Waals surface area contributed by atoms with Crippen molar-refractivity contribution >= 4 is 17.5 Å². The summed E-state index contributed by atoms with van der Waals surface area (Å²) in [6.07, 6.45) is 11.2. The average Bonchev–Trinajstić information content (AvgIpc) is 2.77. The van der Waals surface area contributed by atoms with Crippen LogP contribution in [0.3, 0.4) is 0 Å². The molecule has 0 saturated carbocycles. The molecule has 0 aromatic heterocycles. The summed E-state index contributed by atoms with van der Waals surface area (Å²) in [6.45, 7) is 15.5. The molecule has 0 aromatic rings. The van der Waals surface area contributed by atoms with Gasteiger partial charge in [-0.25, -0.2) is 0 Å². The molecule has 1 aliphatic carbocycles. The van der Waals surface area contributed by atoms with Crippen molar-refractivity contribution in [3.05, 3.63) is 71.1 Å². The zero-order valence-corrected chi connectivity index (χ0v) is 21.4. The van der Waals surface area contributed by atoms with Crippen molar-refractivity contribution in [1.29, 1.82) is 0 Å². The fourth-order valence-electron chi connectivity index (χ4n) is 3.69. The van der Waals surface area contributed by atoms with Gasteiger partial charge in [0.05, 0.1) is 17.5 Å². The molecule has 3 N–H and O–H groups in total. The van der Waals surface area contributed by atoms with Gasteiger partial charge >= 0.3 is 0 Å². The van der Waals surface area contributed by atoms with E-state index in [9.17, 15) is 19.5 Å². The maximum Gasteiger partial charge on any atom is 0.251 e. The number of hydrogen-bond acceptors (Lipinski definition) is 5.